The van der Waals surface area contributed by atoms with Crippen molar-refractivity contribution in [1.29, 1.82) is 0 Å². The van der Waals surface area contributed by atoms with Gasteiger partial charge in [-0.05, 0) is 131 Å². The fourth-order valence-electron chi connectivity index (χ4n) is 6.55. The fourth-order valence-corrected chi connectivity index (χ4v) is 7.06. The molecule has 0 amide bonds. The monoisotopic (exact) mass is 854 g/mol. The molecule has 12 nitrogen and oxygen atoms in total. The van der Waals surface area contributed by atoms with Crippen molar-refractivity contribution in [3.05, 3.63) is 101 Å². The summed E-state index contributed by atoms with van der Waals surface area (Å²) in [6.07, 6.45) is 0.538. The number of carbonyl (C=O) groups excluding carboxylic acids is 2. The standard InChI is InChI=1S/C32H34N2O6S.C16H24O4/c1-18(2)37-27-15-21(16-28(38-19(3)4)30(27)39-20(5)6)14-24-29(22-12-13-25-26(17-22)34-41-33-25)31(35)40-32(24,36)23-10-8-7-9-11-23;1-10(2)18-14-7-13(9-17)8-15(19-11(3)4)16(14)20-12(5)6/h7-13,15-20,36H,14H2,1-6H3;7-12H,1-6H3. The zero-order valence-corrected chi connectivity index (χ0v) is 37.9. The number of ether oxygens (including phenoxy) is 7. The molecule has 0 saturated heterocycles. The van der Waals surface area contributed by atoms with Crippen molar-refractivity contribution in [2.24, 2.45) is 0 Å². The Kier molecular flexibility index (Phi) is 15.4. The van der Waals surface area contributed by atoms with Gasteiger partial charge in [-0.2, -0.15) is 8.75 Å². The minimum absolute atomic E-state index is 0.0129. The van der Waals surface area contributed by atoms with Gasteiger partial charge in [0.25, 0.3) is 5.79 Å². The number of rotatable bonds is 17. The average molecular weight is 855 g/mol. The normalized spacial score (nSPS) is 15.2. The van der Waals surface area contributed by atoms with E-state index >= 15 is 0 Å². The number of aliphatic hydroxyl groups is 1. The van der Waals surface area contributed by atoms with Crippen LogP contribution in [-0.2, 0) is 21.7 Å². The maximum Gasteiger partial charge on any atom is 0.342 e. The molecule has 1 aromatic heterocycles. The molecule has 0 saturated carbocycles. The van der Waals surface area contributed by atoms with Gasteiger partial charge in [0.2, 0.25) is 11.5 Å². The second kappa shape index (κ2) is 20.3. The quantitative estimate of drug-likeness (QED) is 0.0702. The third kappa shape index (κ3) is 11.8. The van der Waals surface area contributed by atoms with Crippen LogP contribution in [0.15, 0.2) is 78.4 Å². The summed E-state index contributed by atoms with van der Waals surface area (Å²) < 4.78 is 50.2. The highest BCUT2D eigenvalue weighted by Gasteiger charge is 2.48. The molecule has 1 N–H and O–H groups in total. The van der Waals surface area contributed by atoms with Gasteiger partial charge in [-0.1, -0.05) is 36.4 Å². The molecule has 2 heterocycles. The van der Waals surface area contributed by atoms with Crippen molar-refractivity contribution < 1.29 is 47.9 Å². The van der Waals surface area contributed by atoms with E-state index in [9.17, 15) is 14.7 Å². The van der Waals surface area contributed by atoms with Gasteiger partial charge in [0.15, 0.2) is 23.0 Å². The molecule has 13 heteroatoms. The predicted molar refractivity (Wildman–Crippen MR) is 237 cm³/mol. The molecule has 0 aliphatic carbocycles. The summed E-state index contributed by atoms with van der Waals surface area (Å²) in [5.74, 6) is 0.578. The average Bonchev–Trinajstić information content (AvgIpc) is 3.74. The third-order valence-electron chi connectivity index (χ3n) is 8.66. The second-order valence-electron chi connectivity index (χ2n) is 16.3. The molecule has 4 aromatic carbocycles. The molecule has 0 radical (unpaired) electrons. The lowest BCUT2D eigenvalue weighted by Crippen LogP contribution is -2.29. The van der Waals surface area contributed by atoms with Gasteiger partial charge in [-0.15, -0.1) is 0 Å². The Balaban J connectivity index is 0.000000297. The van der Waals surface area contributed by atoms with Crippen molar-refractivity contribution in [2.75, 3.05) is 0 Å². The van der Waals surface area contributed by atoms with E-state index in [1.54, 1.807) is 48.5 Å². The summed E-state index contributed by atoms with van der Waals surface area (Å²) in [5, 5.41) is 12.0. The first-order valence-electron chi connectivity index (χ1n) is 20.7. The third-order valence-corrected chi connectivity index (χ3v) is 9.22. The fraction of sp³-hybridized carbons (Fsp3) is 0.417. The van der Waals surface area contributed by atoms with E-state index in [-0.39, 0.29) is 48.6 Å². The van der Waals surface area contributed by atoms with E-state index in [1.807, 2.05) is 107 Å². The lowest BCUT2D eigenvalue weighted by atomic mass is 9.88. The Hall–Kier alpha value is -5.66. The van der Waals surface area contributed by atoms with E-state index in [0.29, 0.717) is 62.3 Å². The summed E-state index contributed by atoms with van der Waals surface area (Å²) in [4.78, 5) is 24.6. The summed E-state index contributed by atoms with van der Waals surface area (Å²) in [6, 6.07) is 21.4. The summed E-state index contributed by atoms with van der Waals surface area (Å²) in [6.45, 7) is 23.2. The molecule has 0 fully saturated rings. The van der Waals surface area contributed by atoms with Crippen molar-refractivity contribution in [3.63, 3.8) is 0 Å². The Morgan fingerprint density at radius 2 is 1.08 bits per heavy atom. The Labute approximate surface area is 363 Å². The lowest BCUT2D eigenvalue weighted by Gasteiger charge is -2.26. The largest absolute Gasteiger partial charge is 0.487 e. The molecule has 61 heavy (non-hydrogen) atoms. The number of esters is 1. The SMILES string of the molecule is CC(C)Oc1cc(C=O)cc(OC(C)C)c1OC(C)C.CC(C)Oc1cc(CC2=C(c3ccc4nsnc4c3)C(=O)OC2(O)c2ccccc2)cc(OC(C)C)c1OC(C)C. The van der Waals surface area contributed by atoms with Gasteiger partial charge >= 0.3 is 5.97 Å². The molecule has 5 aromatic rings. The van der Waals surface area contributed by atoms with Gasteiger partial charge in [0.05, 0.1) is 53.9 Å². The molecule has 0 spiro atoms. The first-order valence-corrected chi connectivity index (χ1v) is 21.4. The molecule has 1 atom stereocenters. The van der Waals surface area contributed by atoms with Gasteiger partial charge in [-0.3, -0.25) is 4.79 Å². The highest BCUT2D eigenvalue weighted by atomic mass is 32.1. The smallest absolute Gasteiger partial charge is 0.342 e. The predicted octanol–water partition coefficient (Wildman–Crippen LogP) is 10.3. The highest BCUT2D eigenvalue weighted by Crippen LogP contribution is 2.47. The van der Waals surface area contributed by atoms with Crippen molar-refractivity contribution >= 4 is 40.6 Å². The number of benzene rings is 4. The zero-order valence-electron chi connectivity index (χ0n) is 37.1. The molecule has 6 rings (SSSR count). The zero-order chi connectivity index (χ0) is 44.6. The first-order chi connectivity index (χ1) is 28.9. The Morgan fingerprint density at radius 3 is 1.54 bits per heavy atom. The van der Waals surface area contributed by atoms with Gasteiger partial charge in [0.1, 0.15) is 17.3 Å². The van der Waals surface area contributed by atoms with E-state index in [2.05, 4.69) is 8.75 Å². The number of aldehydes is 1. The number of fused-ring (bicyclic) bond motifs is 1. The number of hydrogen-bond donors (Lipinski definition) is 1. The van der Waals surface area contributed by atoms with Crippen LogP contribution in [0.4, 0.5) is 0 Å². The second-order valence-corrected chi connectivity index (χ2v) is 16.8. The van der Waals surface area contributed by atoms with Gasteiger partial charge in [0, 0.05) is 23.1 Å². The number of carbonyl (C=O) groups is 2. The maximum absolute atomic E-state index is 13.5. The van der Waals surface area contributed by atoms with Gasteiger partial charge in [-0.25, -0.2) is 4.79 Å². The first kappa shape index (κ1) is 46.4. The molecular formula is C48H58N2O10S. The minimum atomic E-state index is -1.98. The van der Waals surface area contributed by atoms with Crippen LogP contribution in [0.1, 0.15) is 110 Å². The van der Waals surface area contributed by atoms with Crippen molar-refractivity contribution in [3.8, 4) is 34.5 Å². The number of aromatic nitrogens is 2. The Bertz CT molecular complexity index is 2250. The number of hydrogen-bond acceptors (Lipinski definition) is 13. The van der Waals surface area contributed by atoms with Crippen LogP contribution in [0.25, 0.3) is 16.6 Å². The maximum atomic E-state index is 13.5. The van der Waals surface area contributed by atoms with E-state index in [0.717, 1.165) is 29.1 Å². The molecule has 1 unspecified atom stereocenters. The van der Waals surface area contributed by atoms with E-state index < -0.39 is 11.8 Å². The van der Waals surface area contributed by atoms with Crippen molar-refractivity contribution in [2.45, 2.75) is 132 Å². The van der Waals surface area contributed by atoms with Gasteiger partial charge < -0.3 is 38.3 Å². The molecule has 1 aliphatic rings. The lowest BCUT2D eigenvalue weighted by molar-refractivity contribution is -0.185. The van der Waals surface area contributed by atoms with Crippen LogP contribution < -0.4 is 28.4 Å². The van der Waals surface area contributed by atoms with Crippen LogP contribution in [0, 0.1) is 0 Å². The Morgan fingerprint density at radius 1 is 0.623 bits per heavy atom. The number of nitrogens with zero attached hydrogens (tertiary/aromatic N) is 2. The number of cyclic esters (lactones) is 1. The topological polar surface area (TPSA) is 145 Å². The minimum Gasteiger partial charge on any atom is -0.487 e. The highest BCUT2D eigenvalue weighted by molar-refractivity contribution is 7.00. The van der Waals surface area contributed by atoms with Crippen LogP contribution in [-0.4, -0.2) is 62.7 Å². The summed E-state index contributed by atoms with van der Waals surface area (Å²) in [7, 11) is 0. The summed E-state index contributed by atoms with van der Waals surface area (Å²) >= 11 is 1.10. The molecule has 1 aliphatic heterocycles. The van der Waals surface area contributed by atoms with Crippen LogP contribution >= 0.6 is 11.7 Å². The van der Waals surface area contributed by atoms with Crippen LogP contribution in [0.2, 0.25) is 0 Å². The molecule has 326 valence electrons. The van der Waals surface area contributed by atoms with Crippen molar-refractivity contribution in [1.82, 2.24) is 8.75 Å². The van der Waals surface area contributed by atoms with Crippen LogP contribution in [0.5, 0.6) is 34.5 Å². The summed E-state index contributed by atoms with van der Waals surface area (Å²) in [5.41, 5.74) is 4.39. The molecule has 0 bridgehead atoms. The van der Waals surface area contributed by atoms with Crippen LogP contribution in [0.3, 0.4) is 0 Å². The van der Waals surface area contributed by atoms with E-state index in [4.69, 9.17) is 33.2 Å². The molecular weight excluding hydrogens is 797 g/mol. The van der Waals surface area contributed by atoms with E-state index in [1.165, 1.54) is 0 Å².